The number of hydrogen-bond donors (Lipinski definition) is 1. The quantitative estimate of drug-likeness (QED) is 0.659. The summed E-state index contributed by atoms with van der Waals surface area (Å²) in [4.78, 5) is 0. The molecule has 1 N–H and O–H groups in total. The SMILES string of the molecule is CNC(C1=CCCO1)C1CC1. The monoisotopic (exact) mass is 153 g/mol. The molecule has 2 nitrogen and oxygen atoms in total. The summed E-state index contributed by atoms with van der Waals surface area (Å²) < 4.78 is 5.51. The van der Waals surface area contributed by atoms with E-state index in [2.05, 4.69) is 11.4 Å². The van der Waals surface area contributed by atoms with Gasteiger partial charge >= 0.3 is 0 Å². The van der Waals surface area contributed by atoms with Gasteiger partial charge in [-0.3, -0.25) is 0 Å². The molecule has 0 amide bonds. The van der Waals surface area contributed by atoms with E-state index >= 15 is 0 Å². The fourth-order valence-corrected chi connectivity index (χ4v) is 1.69. The van der Waals surface area contributed by atoms with E-state index in [1.165, 1.54) is 18.6 Å². The van der Waals surface area contributed by atoms with E-state index in [1.807, 2.05) is 7.05 Å². The zero-order valence-corrected chi connectivity index (χ0v) is 6.97. The van der Waals surface area contributed by atoms with Crippen molar-refractivity contribution in [1.82, 2.24) is 5.32 Å². The molecule has 0 radical (unpaired) electrons. The summed E-state index contributed by atoms with van der Waals surface area (Å²) in [7, 11) is 2.02. The molecule has 2 aliphatic rings. The number of likely N-dealkylation sites (N-methyl/N-ethyl adjacent to an activating group) is 1. The first-order valence-electron chi connectivity index (χ1n) is 4.42. The van der Waals surface area contributed by atoms with Crippen LogP contribution in [-0.2, 0) is 4.74 Å². The van der Waals surface area contributed by atoms with Crippen LogP contribution in [0.3, 0.4) is 0 Å². The highest BCUT2D eigenvalue weighted by molar-refractivity contribution is 5.11. The lowest BCUT2D eigenvalue weighted by atomic mass is 10.1. The van der Waals surface area contributed by atoms with Gasteiger partial charge in [0.1, 0.15) is 5.76 Å². The Bertz CT molecular complexity index is 172. The van der Waals surface area contributed by atoms with Crippen molar-refractivity contribution in [2.24, 2.45) is 5.92 Å². The highest BCUT2D eigenvalue weighted by Crippen LogP contribution is 2.36. The van der Waals surface area contributed by atoms with Crippen molar-refractivity contribution in [2.45, 2.75) is 25.3 Å². The van der Waals surface area contributed by atoms with Crippen molar-refractivity contribution in [2.75, 3.05) is 13.7 Å². The van der Waals surface area contributed by atoms with Crippen molar-refractivity contribution in [3.63, 3.8) is 0 Å². The average Bonchev–Trinajstić information content (AvgIpc) is 2.68. The third-order valence-corrected chi connectivity index (χ3v) is 2.44. The molecule has 0 aromatic heterocycles. The second-order valence-corrected chi connectivity index (χ2v) is 3.35. The summed E-state index contributed by atoms with van der Waals surface area (Å²) in [5.74, 6) is 2.04. The smallest absolute Gasteiger partial charge is 0.109 e. The van der Waals surface area contributed by atoms with Crippen molar-refractivity contribution < 1.29 is 4.74 Å². The van der Waals surface area contributed by atoms with E-state index in [4.69, 9.17) is 4.74 Å². The second-order valence-electron chi connectivity index (χ2n) is 3.35. The highest BCUT2D eigenvalue weighted by atomic mass is 16.5. The van der Waals surface area contributed by atoms with Crippen molar-refractivity contribution in [3.05, 3.63) is 11.8 Å². The molecule has 0 bridgehead atoms. The Morgan fingerprint density at radius 1 is 1.64 bits per heavy atom. The number of hydrogen-bond acceptors (Lipinski definition) is 2. The summed E-state index contributed by atoms with van der Waals surface area (Å²) in [6.07, 6.45) is 6.05. The largest absolute Gasteiger partial charge is 0.496 e. The first kappa shape index (κ1) is 7.17. The van der Waals surface area contributed by atoms with Crippen LogP contribution in [0.25, 0.3) is 0 Å². The number of ether oxygens (including phenoxy) is 1. The molecule has 0 saturated heterocycles. The zero-order chi connectivity index (χ0) is 7.68. The van der Waals surface area contributed by atoms with Gasteiger partial charge in [-0.1, -0.05) is 0 Å². The molecule has 2 rings (SSSR count). The van der Waals surface area contributed by atoms with Gasteiger partial charge in [0.25, 0.3) is 0 Å². The topological polar surface area (TPSA) is 21.3 Å². The van der Waals surface area contributed by atoms with Gasteiger partial charge in [-0.25, -0.2) is 0 Å². The second kappa shape index (κ2) is 2.86. The third kappa shape index (κ3) is 1.41. The van der Waals surface area contributed by atoms with Gasteiger partial charge in [0.15, 0.2) is 0 Å². The predicted octanol–water partition coefficient (Wildman–Crippen LogP) is 1.29. The molecule has 11 heavy (non-hydrogen) atoms. The Morgan fingerprint density at radius 3 is 2.91 bits per heavy atom. The molecule has 1 atom stereocenters. The normalized spacial score (nSPS) is 26.1. The molecule has 1 unspecified atom stereocenters. The first-order chi connectivity index (χ1) is 5.42. The Kier molecular flexibility index (Phi) is 1.86. The molecule has 1 saturated carbocycles. The van der Waals surface area contributed by atoms with Crippen LogP contribution in [0.5, 0.6) is 0 Å². The van der Waals surface area contributed by atoms with E-state index in [-0.39, 0.29) is 0 Å². The van der Waals surface area contributed by atoms with Crippen LogP contribution in [0.2, 0.25) is 0 Å². The lowest BCUT2D eigenvalue weighted by molar-refractivity contribution is 0.211. The summed E-state index contributed by atoms with van der Waals surface area (Å²) in [6.45, 7) is 0.889. The maximum Gasteiger partial charge on any atom is 0.109 e. The van der Waals surface area contributed by atoms with Gasteiger partial charge in [-0.2, -0.15) is 0 Å². The van der Waals surface area contributed by atoms with Crippen molar-refractivity contribution in [1.29, 1.82) is 0 Å². The summed E-state index contributed by atoms with van der Waals surface area (Å²) >= 11 is 0. The van der Waals surface area contributed by atoms with Crippen LogP contribution in [0.1, 0.15) is 19.3 Å². The van der Waals surface area contributed by atoms with E-state index < -0.39 is 0 Å². The molecule has 62 valence electrons. The molecule has 0 spiro atoms. The molecule has 2 heteroatoms. The van der Waals surface area contributed by atoms with Crippen LogP contribution in [0, 0.1) is 5.92 Å². The van der Waals surface area contributed by atoms with Crippen LogP contribution in [0.15, 0.2) is 11.8 Å². The van der Waals surface area contributed by atoms with Crippen LogP contribution < -0.4 is 5.32 Å². The highest BCUT2D eigenvalue weighted by Gasteiger charge is 2.34. The Hall–Kier alpha value is -0.500. The van der Waals surface area contributed by atoms with E-state index in [0.29, 0.717) is 6.04 Å². The fraction of sp³-hybridized carbons (Fsp3) is 0.778. The molecule has 0 aromatic rings. The number of nitrogens with one attached hydrogen (secondary N) is 1. The molecule has 1 aliphatic carbocycles. The Morgan fingerprint density at radius 2 is 2.45 bits per heavy atom. The fourth-order valence-electron chi connectivity index (χ4n) is 1.69. The van der Waals surface area contributed by atoms with Crippen LogP contribution in [-0.4, -0.2) is 19.7 Å². The molecule has 1 aliphatic heterocycles. The molecule has 1 heterocycles. The number of rotatable bonds is 3. The predicted molar refractivity (Wildman–Crippen MR) is 44.2 cm³/mol. The van der Waals surface area contributed by atoms with Crippen LogP contribution >= 0.6 is 0 Å². The molecular weight excluding hydrogens is 138 g/mol. The van der Waals surface area contributed by atoms with Crippen LogP contribution in [0.4, 0.5) is 0 Å². The molecule has 0 aromatic carbocycles. The summed E-state index contributed by atoms with van der Waals surface area (Å²) in [6, 6.07) is 0.512. The van der Waals surface area contributed by atoms with Crippen molar-refractivity contribution >= 4 is 0 Å². The van der Waals surface area contributed by atoms with E-state index in [1.54, 1.807) is 0 Å². The lowest BCUT2D eigenvalue weighted by Gasteiger charge is -2.16. The maximum atomic E-state index is 5.51. The average molecular weight is 153 g/mol. The first-order valence-corrected chi connectivity index (χ1v) is 4.42. The van der Waals surface area contributed by atoms with Gasteiger partial charge < -0.3 is 10.1 Å². The van der Waals surface area contributed by atoms with E-state index in [9.17, 15) is 0 Å². The summed E-state index contributed by atoms with van der Waals surface area (Å²) in [5.41, 5.74) is 0. The Labute approximate surface area is 67.6 Å². The zero-order valence-electron chi connectivity index (χ0n) is 6.97. The van der Waals surface area contributed by atoms with E-state index in [0.717, 1.165) is 18.9 Å². The minimum absolute atomic E-state index is 0.512. The lowest BCUT2D eigenvalue weighted by Crippen LogP contribution is -2.29. The van der Waals surface area contributed by atoms with Gasteiger partial charge in [0.2, 0.25) is 0 Å². The van der Waals surface area contributed by atoms with Gasteiger partial charge in [0.05, 0.1) is 12.6 Å². The molecule has 1 fully saturated rings. The third-order valence-electron chi connectivity index (χ3n) is 2.44. The summed E-state index contributed by atoms with van der Waals surface area (Å²) in [5, 5.41) is 3.31. The van der Waals surface area contributed by atoms with Gasteiger partial charge in [-0.15, -0.1) is 0 Å². The minimum atomic E-state index is 0.512. The van der Waals surface area contributed by atoms with Gasteiger partial charge in [-0.05, 0) is 31.9 Å². The van der Waals surface area contributed by atoms with Gasteiger partial charge in [0, 0.05) is 6.42 Å². The van der Waals surface area contributed by atoms with Crippen molar-refractivity contribution in [3.8, 4) is 0 Å². The maximum absolute atomic E-state index is 5.51. The molecular formula is C9H15NO. The standard InChI is InChI=1S/C9H15NO/c1-10-9(7-4-5-7)8-3-2-6-11-8/h3,7,9-10H,2,4-6H2,1H3. The Balaban J connectivity index is 1.98. The minimum Gasteiger partial charge on any atom is -0.496 e.